The number of carbonyl (C=O) groups excluding carboxylic acids is 1. The number of hydrogen-bond donors (Lipinski definition) is 1. The Morgan fingerprint density at radius 1 is 1.22 bits per heavy atom. The molecule has 1 amide bonds. The van der Waals surface area contributed by atoms with Gasteiger partial charge in [0, 0.05) is 14.0 Å². The molecule has 0 bridgehead atoms. The first-order valence-corrected chi connectivity index (χ1v) is 12.3. The number of benzene rings is 1. The van der Waals surface area contributed by atoms with E-state index in [1.54, 1.807) is 0 Å². The van der Waals surface area contributed by atoms with Crippen LogP contribution in [0.25, 0.3) is 11.6 Å². The van der Waals surface area contributed by atoms with Crippen LogP contribution in [-0.4, -0.2) is 19.5 Å². The fourth-order valence-corrected chi connectivity index (χ4v) is 6.04. The van der Waals surface area contributed by atoms with Gasteiger partial charge in [0.2, 0.25) is 5.91 Å². The molecule has 1 aromatic carbocycles. The zero-order chi connectivity index (χ0) is 20.1. The third kappa shape index (κ3) is 3.57. The molecule has 0 saturated heterocycles. The van der Waals surface area contributed by atoms with Crippen LogP contribution in [0.4, 0.5) is 0 Å². The minimum atomic E-state index is -0.740. The van der Waals surface area contributed by atoms with Crippen molar-refractivity contribution >= 4 is 31.1 Å². The average molecular weight is 378 g/mol. The van der Waals surface area contributed by atoms with Gasteiger partial charge in [-0.25, -0.2) is 0 Å². The van der Waals surface area contributed by atoms with Gasteiger partial charge in [-0.2, -0.15) is 0 Å². The number of fused-ring (bicyclic) bond motifs is 1. The highest BCUT2D eigenvalue weighted by molar-refractivity contribution is 6.77. The maximum Gasteiger partial charge on any atom is 0.249 e. The molecule has 1 atom stereocenters. The number of hydrogen-bond acceptors (Lipinski definition) is 1. The average Bonchev–Trinajstić information content (AvgIpc) is 2.92. The van der Waals surface area contributed by atoms with E-state index in [0.29, 0.717) is 11.5 Å². The number of amides is 1. The Bertz CT molecular complexity index is 947. The summed E-state index contributed by atoms with van der Waals surface area (Å²) in [4.78, 5) is 12.4. The topological polar surface area (TPSA) is 43.1 Å². The van der Waals surface area contributed by atoms with Crippen LogP contribution in [0.3, 0.4) is 0 Å². The standard InChI is InChI=1S/C24H31NOSi/c1-14-10-16-12-17(24(3,4)5)13-20(19(16)11-14)21-18(23(25)26)9-8-15(2)22(21)27(6)7/h8-10,12-13,15H,11H2,1-7H3,(H2,25,26). The summed E-state index contributed by atoms with van der Waals surface area (Å²) in [5.74, 6) is 0.0166. The van der Waals surface area contributed by atoms with E-state index in [4.69, 9.17) is 5.73 Å². The number of nitrogens with two attached hydrogens (primary N) is 1. The van der Waals surface area contributed by atoms with E-state index in [2.05, 4.69) is 72.0 Å². The third-order valence-electron chi connectivity index (χ3n) is 5.63. The van der Waals surface area contributed by atoms with Crippen LogP contribution in [-0.2, 0) is 16.6 Å². The van der Waals surface area contributed by atoms with Crippen molar-refractivity contribution in [3.8, 4) is 0 Å². The quantitative estimate of drug-likeness (QED) is 0.732. The van der Waals surface area contributed by atoms with Gasteiger partial charge < -0.3 is 5.73 Å². The number of allylic oxidation sites excluding steroid dienone is 3. The Morgan fingerprint density at radius 3 is 2.44 bits per heavy atom. The van der Waals surface area contributed by atoms with Crippen LogP contribution in [0, 0.1) is 5.92 Å². The molecule has 0 aromatic heterocycles. The number of primary amides is 1. The molecule has 0 radical (unpaired) electrons. The Balaban J connectivity index is 2.41. The summed E-state index contributed by atoms with van der Waals surface area (Å²) in [6.45, 7) is 15.8. The molecule has 1 unspecified atom stereocenters. The van der Waals surface area contributed by atoms with Gasteiger partial charge in [0.25, 0.3) is 0 Å². The van der Waals surface area contributed by atoms with Crippen molar-refractivity contribution in [3.63, 3.8) is 0 Å². The maximum atomic E-state index is 12.4. The normalized spacial score (nSPS) is 19.3. The zero-order valence-electron chi connectivity index (χ0n) is 17.7. The first-order chi connectivity index (χ1) is 12.5. The molecule has 0 aliphatic heterocycles. The third-order valence-corrected chi connectivity index (χ3v) is 7.41. The molecule has 3 heteroatoms. The van der Waals surface area contributed by atoms with E-state index >= 15 is 0 Å². The van der Waals surface area contributed by atoms with Crippen molar-refractivity contribution in [2.24, 2.45) is 11.7 Å². The van der Waals surface area contributed by atoms with Gasteiger partial charge in [-0.1, -0.05) is 81.9 Å². The fraction of sp³-hybridized carbons (Fsp3) is 0.417. The predicted octanol–water partition coefficient (Wildman–Crippen LogP) is 4.90. The molecule has 2 N–H and O–H groups in total. The maximum absolute atomic E-state index is 12.4. The van der Waals surface area contributed by atoms with Gasteiger partial charge in [-0.3, -0.25) is 4.79 Å². The molecule has 0 heterocycles. The minimum Gasteiger partial charge on any atom is -0.366 e. The van der Waals surface area contributed by atoms with Crippen LogP contribution < -0.4 is 5.73 Å². The van der Waals surface area contributed by atoms with Crippen molar-refractivity contribution in [1.82, 2.24) is 0 Å². The molecule has 2 aliphatic rings. The SMILES string of the molecule is CC1=Cc2cc(C(C)(C)C)cc(C3=C(C(N)=O)C=CC(C)C3=[Si](C)C)c2C1. The smallest absolute Gasteiger partial charge is 0.249 e. The largest absolute Gasteiger partial charge is 0.366 e. The molecular formula is C24H31NOSi. The lowest BCUT2D eigenvalue weighted by molar-refractivity contribution is -0.114. The highest BCUT2D eigenvalue weighted by atomic mass is 28.2. The molecule has 0 saturated carbocycles. The molecule has 3 rings (SSSR count). The summed E-state index contributed by atoms with van der Waals surface area (Å²) in [6.07, 6.45) is 7.32. The first-order valence-electron chi connectivity index (χ1n) is 9.75. The lowest BCUT2D eigenvalue weighted by Gasteiger charge is -2.29. The lowest BCUT2D eigenvalue weighted by Crippen LogP contribution is -2.28. The van der Waals surface area contributed by atoms with E-state index in [0.717, 1.165) is 12.0 Å². The fourth-order valence-electron chi connectivity index (χ4n) is 4.27. The zero-order valence-corrected chi connectivity index (χ0v) is 18.7. The Morgan fingerprint density at radius 2 is 1.89 bits per heavy atom. The van der Waals surface area contributed by atoms with Gasteiger partial charge in [0.1, 0.15) is 0 Å². The van der Waals surface area contributed by atoms with Crippen molar-refractivity contribution in [1.29, 1.82) is 0 Å². The van der Waals surface area contributed by atoms with E-state index in [1.807, 2.05) is 6.08 Å². The minimum absolute atomic E-state index is 0.0457. The molecule has 2 nitrogen and oxygen atoms in total. The summed E-state index contributed by atoms with van der Waals surface area (Å²) >= 11 is 0. The van der Waals surface area contributed by atoms with E-state index in [9.17, 15) is 4.79 Å². The second-order valence-corrected chi connectivity index (χ2v) is 11.8. The Labute approximate surface area is 165 Å². The second-order valence-electron chi connectivity index (χ2n) is 9.22. The highest BCUT2D eigenvalue weighted by Crippen LogP contribution is 2.39. The highest BCUT2D eigenvalue weighted by Gasteiger charge is 2.29. The monoisotopic (exact) mass is 377 g/mol. The molecule has 1 aromatic rings. The van der Waals surface area contributed by atoms with Gasteiger partial charge in [0.05, 0.1) is 0 Å². The Kier molecular flexibility index (Phi) is 5.02. The van der Waals surface area contributed by atoms with Gasteiger partial charge in [-0.15, -0.1) is 0 Å². The summed E-state index contributed by atoms with van der Waals surface area (Å²) in [5.41, 5.74) is 14.2. The molecule has 27 heavy (non-hydrogen) atoms. The van der Waals surface area contributed by atoms with E-state index < -0.39 is 8.41 Å². The Hall–Kier alpha value is -2.00. The molecule has 0 fully saturated rings. The van der Waals surface area contributed by atoms with Crippen molar-refractivity contribution in [2.75, 3.05) is 0 Å². The second kappa shape index (κ2) is 6.86. The predicted molar refractivity (Wildman–Crippen MR) is 119 cm³/mol. The van der Waals surface area contributed by atoms with Gasteiger partial charge in [-0.05, 0) is 52.5 Å². The molecular weight excluding hydrogens is 346 g/mol. The lowest BCUT2D eigenvalue weighted by atomic mass is 9.79. The van der Waals surface area contributed by atoms with Gasteiger partial charge >= 0.3 is 0 Å². The van der Waals surface area contributed by atoms with Crippen LogP contribution in [0.5, 0.6) is 0 Å². The van der Waals surface area contributed by atoms with Crippen LogP contribution in [0.1, 0.15) is 56.9 Å². The first kappa shape index (κ1) is 19.8. The van der Waals surface area contributed by atoms with Crippen LogP contribution >= 0.6 is 0 Å². The summed E-state index contributed by atoms with van der Waals surface area (Å²) in [7, 11) is -0.740. The van der Waals surface area contributed by atoms with Crippen molar-refractivity contribution in [2.45, 2.75) is 59.5 Å². The van der Waals surface area contributed by atoms with Gasteiger partial charge in [0.15, 0.2) is 0 Å². The summed E-state index contributed by atoms with van der Waals surface area (Å²) in [5, 5.41) is 1.41. The van der Waals surface area contributed by atoms with E-state index in [1.165, 1.54) is 33.0 Å². The molecule has 2 aliphatic carbocycles. The molecule has 142 valence electrons. The number of carbonyl (C=O) groups is 1. The van der Waals surface area contributed by atoms with Crippen molar-refractivity contribution < 1.29 is 4.79 Å². The summed E-state index contributed by atoms with van der Waals surface area (Å²) in [6, 6.07) is 4.64. The number of rotatable bonds is 2. The van der Waals surface area contributed by atoms with Crippen LogP contribution in [0.15, 0.2) is 35.4 Å². The molecule has 0 spiro atoms. The van der Waals surface area contributed by atoms with Crippen molar-refractivity contribution in [3.05, 3.63) is 57.7 Å². The van der Waals surface area contributed by atoms with E-state index in [-0.39, 0.29) is 11.3 Å². The summed E-state index contributed by atoms with van der Waals surface area (Å²) < 4.78 is 0. The van der Waals surface area contributed by atoms with Crippen LogP contribution in [0.2, 0.25) is 13.1 Å².